The maximum atomic E-state index is 12.8. The highest BCUT2D eigenvalue weighted by Gasteiger charge is 2.27. The molecule has 192 valence electrons. The van der Waals surface area contributed by atoms with Gasteiger partial charge in [0.1, 0.15) is 10.7 Å². The van der Waals surface area contributed by atoms with Gasteiger partial charge in [0.15, 0.2) is 0 Å². The zero-order chi connectivity index (χ0) is 26.2. The molecule has 3 heterocycles. The fourth-order valence-corrected chi connectivity index (χ4v) is 7.01. The van der Waals surface area contributed by atoms with Gasteiger partial charge in [-0.2, -0.15) is 11.3 Å². The lowest BCUT2D eigenvalue weighted by atomic mass is 10.0. The number of amides is 1. The van der Waals surface area contributed by atoms with E-state index in [9.17, 15) is 14.4 Å². The van der Waals surface area contributed by atoms with E-state index in [4.69, 9.17) is 4.74 Å². The summed E-state index contributed by atoms with van der Waals surface area (Å²) in [6.07, 6.45) is 1.29. The number of carbonyl (C=O) groups excluding carboxylic acids is 3. The molecule has 0 unspecified atom stereocenters. The molecule has 0 aliphatic carbocycles. The summed E-state index contributed by atoms with van der Waals surface area (Å²) in [4.78, 5) is 38.8. The summed E-state index contributed by atoms with van der Waals surface area (Å²) < 4.78 is 5.63. The smallest absolute Gasteiger partial charge is 0.348 e. The number of thioether (sulfide) groups is 1. The predicted octanol–water partition coefficient (Wildman–Crippen LogP) is 5.89. The monoisotopic (exact) mass is 616 g/mol. The lowest BCUT2D eigenvalue weighted by molar-refractivity contribution is -0.119. The van der Waals surface area contributed by atoms with E-state index in [1.54, 1.807) is 22.4 Å². The number of halogens is 1. The first-order valence-electron chi connectivity index (χ1n) is 11.6. The molecule has 0 spiro atoms. The molecule has 0 bridgehead atoms. The number of ketones is 1. The van der Waals surface area contributed by atoms with Gasteiger partial charge in [0.2, 0.25) is 0 Å². The third kappa shape index (κ3) is 7.79. The van der Waals surface area contributed by atoms with Gasteiger partial charge in [-0.25, -0.2) is 9.80 Å². The normalized spacial score (nSPS) is 13.8. The first kappa shape index (κ1) is 27.6. The van der Waals surface area contributed by atoms with Gasteiger partial charge >= 0.3 is 5.97 Å². The SMILES string of the molecule is COC(=O)c1cc(Br)c(CCN2C(=O)SCCN2CCC(=O)Cc2cccc(C#Cc3ccsc3)c2)s1. The first-order chi connectivity index (χ1) is 17.9. The number of carbonyl (C=O) groups is 3. The molecular weight excluding hydrogens is 592 g/mol. The Kier molecular flexibility index (Phi) is 10.00. The van der Waals surface area contributed by atoms with Crippen molar-refractivity contribution >= 4 is 67.4 Å². The van der Waals surface area contributed by atoms with Crippen molar-refractivity contribution in [2.45, 2.75) is 19.3 Å². The van der Waals surface area contributed by atoms with Gasteiger partial charge in [-0.15, -0.1) is 11.3 Å². The van der Waals surface area contributed by atoms with Crippen molar-refractivity contribution in [1.82, 2.24) is 10.0 Å². The summed E-state index contributed by atoms with van der Waals surface area (Å²) in [7, 11) is 1.36. The van der Waals surface area contributed by atoms with Gasteiger partial charge in [0, 0.05) is 70.5 Å². The number of benzene rings is 1. The van der Waals surface area contributed by atoms with Crippen molar-refractivity contribution in [3.05, 3.63) is 78.1 Å². The van der Waals surface area contributed by atoms with Crippen molar-refractivity contribution in [2.75, 3.05) is 32.5 Å². The lowest BCUT2D eigenvalue weighted by Crippen LogP contribution is -2.50. The molecule has 37 heavy (non-hydrogen) atoms. The van der Waals surface area contributed by atoms with Crippen LogP contribution in [0.15, 0.2) is 51.6 Å². The minimum absolute atomic E-state index is 0.0172. The van der Waals surface area contributed by atoms with E-state index in [-0.39, 0.29) is 17.0 Å². The molecule has 4 rings (SSSR count). The maximum Gasteiger partial charge on any atom is 0.348 e. The van der Waals surface area contributed by atoms with Crippen LogP contribution in [0.3, 0.4) is 0 Å². The minimum atomic E-state index is -0.373. The fourth-order valence-electron chi connectivity index (χ4n) is 3.81. The second-order valence-electron chi connectivity index (χ2n) is 8.24. The van der Waals surface area contributed by atoms with Crippen molar-refractivity contribution in [3.8, 4) is 11.8 Å². The first-order valence-corrected chi connectivity index (χ1v) is 15.2. The van der Waals surface area contributed by atoms with Gasteiger partial charge in [-0.3, -0.25) is 14.6 Å². The zero-order valence-corrected chi connectivity index (χ0v) is 24.2. The van der Waals surface area contributed by atoms with Crippen LogP contribution in [0.1, 0.15) is 37.7 Å². The summed E-state index contributed by atoms with van der Waals surface area (Å²) in [6.45, 7) is 1.67. The molecule has 2 aromatic heterocycles. The van der Waals surface area contributed by atoms with Crippen molar-refractivity contribution in [3.63, 3.8) is 0 Å². The molecule has 3 aromatic rings. The van der Waals surface area contributed by atoms with E-state index >= 15 is 0 Å². The van der Waals surface area contributed by atoms with Crippen molar-refractivity contribution in [2.24, 2.45) is 0 Å². The highest BCUT2D eigenvalue weighted by Crippen LogP contribution is 2.29. The van der Waals surface area contributed by atoms with Crippen LogP contribution in [0.4, 0.5) is 4.79 Å². The van der Waals surface area contributed by atoms with Crippen molar-refractivity contribution < 1.29 is 19.1 Å². The molecule has 0 atom stereocenters. The number of methoxy groups -OCH3 is 1. The molecule has 1 amide bonds. The molecule has 1 aliphatic heterocycles. The molecule has 1 aliphatic rings. The van der Waals surface area contributed by atoms with Gasteiger partial charge in [-0.1, -0.05) is 35.7 Å². The van der Waals surface area contributed by atoms with Crippen LogP contribution in [-0.4, -0.2) is 59.5 Å². The van der Waals surface area contributed by atoms with Gasteiger partial charge in [0.05, 0.1) is 7.11 Å². The summed E-state index contributed by atoms with van der Waals surface area (Å²) in [5.74, 6) is 6.75. The Bertz CT molecular complexity index is 1330. The van der Waals surface area contributed by atoms with Gasteiger partial charge in [0.25, 0.3) is 5.24 Å². The third-order valence-corrected chi connectivity index (χ3v) is 9.34. The van der Waals surface area contributed by atoms with E-state index in [1.807, 2.05) is 46.1 Å². The summed E-state index contributed by atoms with van der Waals surface area (Å²) in [5, 5.41) is 7.69. The quantitative estimate of drug-likeness (QED) is 0.221. The Morgan fingerprint density at radius 1 is 1.14 bits per heavy atom. The Hall–Kier alpha value is -2.42. The van der Waals surface area contributed by atoms with Crippen LogP contribution in [0.5, 0.6) is 0 Å². The van der Waals surface area contributed by atoms with Gasteiger partial charge in [-0.05, 0) is 51.1 Å². The van der Waals surface area contributed by atoms with E-state index in [0.29, 0.717) is 49.5 Å². The second kappa shape index (κ2) is 13.4. The topological polar surface area (TPSA) is 66.9 Å². The van der Waals surface area contributed by atoms with E-state index in [0.717, 1.165) is 26.0 Å². The fraction of sp³-hybridized carbons (Fsp3) is 0.296. The molecular formula is C27H25BrN2O4S3. The van der Waals surface area contributed by atoms with Crippen molar-refractivity contribution in [1.29, 1.82) is 0 Å². The Morgan fingerprint density at radius 2 is 1.97 bits per heavy atom. The Labute approximate surface area is 237 Å². The lowest BCUT2D eigenvalue weighted by Gasteiger charge is -2.37. The molecule has 1 saturated heterocycles. The number of thiophene rings is 2. The van der Waals surface area contributed by atoms with Crippen LogP contribution >= 0.6 is 50.4 Å². The molecule has 0 radical (unpaired) electrons. The number of Topliss-reactive ketones (excluding diaryl/α,β-unsaturated/α-hetero) is 1. The molecule has 0 saturated carbocycles. The number of esters is 1. The predicted molar refractivity (Wildman–Crippen MR) is 153 cm³/mol. The van der Waals surface area contributed by atoms with Gasteiger partial charge < -0.3 is 4.74 Å². The molecule has 6 nitrogen and oxygen atoms in total. The number of hydrazine groups is 1. The van der Waals surface area contributed by atoms with E-state index in [2.05, 4.69) is 27.8 Å². The largest absolute Gasteiger partial charge is 0.465 e. The molecule has 0 N–H and O–H groups in total. The summed E-state index contributed by atoms with van der Waals surface area (Å²) >= 11 is 7.77. The van der Waals surface area contributed by atoms with E-state index < -0.39 is 0 Å². The number of rotatable bonds is 9. The number of nitrogens with zero attached hydrogens (tertiary/aromatic N) is 2. The summed E-state index contributed by atoms with van der Waals surface area (Å²) in [5.41, 5.74) is 2.81. The number of ether oxygens (including phenoxy) is 1. The Balaban J connectivity index is 1.32. The van der Waals surface area contributed by atoms with Crippen LogP contribution in [0.2, 0.25) is 0 Å². The third-order valence-electron chi connectivity index (χ3n) is 5.67. The van der Waals surface area contributed by atoms with Crippen LogP contribution in [0, 0.1) is 11.8 Å². The summed E-state index contributed by atoms with van der Waals surface area (Å²) in [6, 6.07) is 11.5. The Morgan fingerprint density at radius 3 is 2.76 bits per heavy atom. The van der Waals surface area contributed by atoms with Crippen LogP contribution < -0.4 is 0 Å². The second-order valence-corrected chi connectivity index (χ2v) is 12.1. The zero-order valence-electron chi connectivity index (χ0n) is 20.2. The highest BCUT2D eigenvalue weighted by atomic mass is 79.9. The molecule has 1 aromatic carbocycles. The average Bonchev–Trinajstić information content (AvgIpc) is 3.55. The van der Waals surface area contributed by atoms with E-state index in [1.165, 1.54) is 30.2 Å². The average molecular weight is 618 g/mol. The van der Waals surface area contributed by atoms with Crippen LogP contribution in [0.25, 0.3) is 0 Å². The molecule has 1 fully saturated rings. The number of hydrogen-bond donors (Lipinski definition) is 0. The highest BCUT2D eigenvalue weighted by molar-refractivity contribution is 9.10. The molecule has 10 heteroatoms. The minimum Gasteiger partial charge on any atom is -0.465 e. The maximum absolute atomic E-state index is 12.8. The van der Waals surface area contributed by atoms with Crippen LogP contribution in [-0.2, 0) is 22.4 Å². The number of hydrogen-bond acceptors (Lipinski definition) is 8. The standard InChI is InChI=1S/C27H25BrN2O4S3/c1-34-26(32)25-17-23(28)24(37-25)8-11-30-27(33)36-14-12-29(30)10-7-22(31)16-21-4-2-3-19(15-21)5-6-20-9-13-35-18-20/h2-4,9,13,15,17-18H,7-8,10-12,14,16H2,1H3.